The smallest absolute Gasteiger partial charge is 0.297 e. The largest absolute Gasteiger partial charge is 0.489 e. The molecule has 0 aliphatic carbocycles. The lowest BCUT2D eigenvalue weighted by molar-refractivity contribution is -0.384. The minimum Gasteiger partial charge on any atom is -0.489 e. The van der Waals surface area contributed by atoms with Crippen molar-refractivity contribution in [2.75, 3.05) is 11.9 Å². The van der Waals surface area contributed by atoms with Crippen LogP contribution in [0.25, 0.3) is 0 Å². The van der Waals surface area contributed by atoms with Crippen molar-refractivity contribution in [1.29, 1.82) is 0 Å². The zero-order valence-electron chi connectivity index (χ0n) is 10.8. The van der Waals surface area contributed by atoms with Gasteiger partial charge in [-0.3, -0.25) is 10.1 Å². The fourth-order valence-electron chi connectivity index (χ4n) is 2.08. The van der Waals surface area contributed by atoms with E-state index in [0.717, 1.165) is 18.9 Å². The van der Waals surface area contributed by atoms with Crippen molar-refractivity contribution < 1.29 is 18.1 Å². The van der Waals surface area contributed by atoms with Gasteiger partial charge in [-0.2, -0.15) is 0 Å². The average molecular weight is 301 g/mol. The van der Waals surface area contributed by atoms with Crippen LogP contribution in [0, 0.1) is 10.1 Å². The maximum atomic E-state index is 11.3. The van der Waals surface area contributed by atoms with Crippen LogP contribution in [0.2, 0.25) is 0 Å². The minimum atomic E-state index is -4.03. The summed E-state index contributed by atoms with van der Waals surface area (Å²) in [6.45, 7) is 2.32. The van der Waals surface area contributed by atoms with E-state index in [0.29, 0.717) is 6.61 Å². The molecule has 1 atom stereocenters. The summed E-state index contributed by atoms with van der Waals surface area (Å²) in [6.07, 6.45) is 1.70. The average Bonchev–Trinajstić information content (AvgIpc) is 2.36. The Labute approximate surface area is 116 Å². The fraction of sp³-hybridized carbons (Fsp3) is 0.455. The minimum absolute atomic E-state index is 0.0356. The van der Waals surface area contributed by atoms with Crippen molar-refractivity contribution in [3.05, 3.63) is 22.2 Å². The van der Waals surface area contributed by atoms with Crippen LogP contribution in [0.15, 0.2) is 17.0 Å². The Morgan fingerprint density at radius 1 is 1.55 bits per heavy atom. The highest BCUT2D eigenvalue weighted by Gasteiger charge is 2.29. The van der Waals surface area contributed by atoms with E-state index in [-0.39, 0.29) is 28.1 Å². The Morgan fingerprint density at radius 2 is 2.25 bits per heavy atom. The Morgan fingerprint density at radius 3 is 2.80 bits per heavy atom. The first kappa shape index (κ1) is 14.5. The van der Waals surface area contributed by atoms with Crippen LogP contribution in [0.1, 0.15) is 19.8 Å². The summed E-state index contributed by atoms with van der Waals surface area (Å²) in [6, 6.07) is 2.11. The summed E-state index contributed by atoms with van der Waals surface area (Å²) in [5.74, 6) is 0.135. The van der Waals surface area contributed by atoms with Gasteiger partial charge in [0.15, 0.2) is 11.4 Å². The highest BCUT2D eigenvalue weighted by Crippen LogP contribution is 2.40. The maximum absolute atomic E-state index is 11.3. The number of anilines is 1. The van der Waals surface area contributed by atoms with E-state index in [1.54, 1.807) is 0 Å². The fourth-order valence-corrected chi connectivity index (χ4v) is 2.63. The number of rotatable bonds is 4. The van der Waals surface area contributed by atoms with Gasteiger partial charge >= 0.3 is 0 Å². The summed E-state index contributed by atoms with van der Waals surface area (Å²) in [5.41, 5.74) is -0.153. The molecule has 20 heavy (non-hydrogen) atoms. The molecular formula is C11H15N3O5S. The summed E-state index contributed by atoms with van der Waals surface area (Å²) < 4.78 is 28.1. The van der Waals surface area contributed by atoms with Gasteiger partial charge in [0.05, 0.1) is 15.9 Å². The monoisotopic (exact) mass is 301 g/mol. The van der Waals surface area contributed by atoms with Crippen molar-refractivity contribution in [2.45, 2.75) is 30.7 Å². The number of nitrogens with two attached hydrogens (primary N) is 1. The predicted octanol–water partition coefficient (Wildman–Crippen LogP) is 1.22. The number of hydrogen-bond donors (Lipinski definition) is 2. The van der Waals surface area contributed by atoms with E-state index in [1.807, 2.05) is 6.92 Å². The van der Waals surface area contributed by atoms with E-state index in [1.165, 1.54) is 6.07 Å². The molecule has 0 amide bonds. The number of nitrogens with one attached hydrogen (secondary N) is 1. The van der Waals surface area contributed by atoms with Crippen molar-refractivity contribution in [2.24, 2.45) is 5.14 Å². The number of benzene rings is 1. The van der Waals surface area contributed by atoms with Gasteiger partial charge in [-0.1, -0.05) is 13.3 Å². The van der Waals surface area contributed by atoms with Crippen LogP contribution >= 0.6 is 0 Å². The third-order valence-corrected chi connectivity index (χ3v) is 3.90. The van der Waals surface area contributed by atoms with E-state index in [9.17, 15) is 18.5 Å². The first-order valence-corrected chi connectivity index (χ1v) is 7.62. The van der Waals surface area contributed by atoms with Crippen LogP contribution in [0.3, 0.4) is 0 Å². The lowest BCUT2D eigenvalue weighted by atomic mass is 10.1. The Kier molecular flexibility index (Phi) is 3.82. The molecule has 0 spiro atoms. The topological polar surface area (TPSA) is 125 Å². The molecule has 9 heteroatoms. The molecule has 1 aliphatic heterocycles. The first-order chi connectivity index (χ1) is 9.32. The first-order valence-electron chi connectivity index (χ1n) is 6.07. The Balaban J connectivity index is 2.52. The highest BCUT2D eigenvalue weighted by atomic mass is 32.2. The van der Waals surface area contributed by atoms with E-state index >= 15 is 0 Å². The number of nitro benzene ring substituents is 1. The molecule has 0 radical (unpaired) electrons. The summed E-state index contributed by atoms with van der Waals surface area (Å²) >= 11 is 0. The second-order valence-electron chi connectivity index (χ2n) is 4.56. The molecule has 3 N–H and O–H groups in total. The molecule has 110 valence electrons. The normalized spacial score (nSPS) is 17.8. The Hall–Kier alpha value is -1.87. The molecule has 1 heterocycles. The van der Waals surface area contributed by atoms with Crippen LogP contribution in [-0.4, -0.2) is 26.0 Å². The molecular weight excluding hydrogens is 286 g/mol. The van der Waals surface area contributed by atoms with Gasteiger partial charge in [-0.05, 0) is 6.42 Å². The van der Waals surface area contributed by atoms with Crippen molar-refractivity contribution >= 4 is 21.4 Å². The van der Waals surface area contributed by atoms with Gasteiger partial charge in [0.25, 0.3) is 5.69 Å². The predicted molar refractivity (Wildman–Crippen MR) is 72.3 cm³/mol. The third-order valence-electron chi connectivity index (χ3n) is 3.01. The van der Waals surface area contributed by atoms with Gasteiger partial charge < -0.3 is 10.1 Å². The van der Waals surface area contributed by atoms with Crippen LogP contribution < -0.4 is 15.2 Å². The molecule has 0 saturated heterocycles. The lowest BCUT2D eigenvalue weighted by Gasteiger charge is -2.27. The van der Waals surface area contributed by atoms with Gasteiger partial charge in [0.2, 0.25) is 10.0 Å². The standard InChI is InChI=1S/C11H15N3O5S/c1-2-3-7-6-19-10-5-8(20(12,17)18)4-9(14(15)16)11(10)13-7/h4-5,7,13H,2-3,6H2,1H3,(H2,12,17,18)/t7-/m0/s1. The molecule has 0 unspecified atom stereocenters. The number of ether oxygens (including phenoxy) is 1. The lowest BCUT2D eigenvalue weighted by Crippen LogP contribution is -2.31. The number of nitrogens with zero attached hydrogens (tertiary/aromatic N) is 1. The number of nitro groups is 1. The zero-order valence-corrected chi connectivity index (χ0v) is 11.6. The number of hydrogen-bond acceptors (Lipinski definition) is 6. The maximum Gasteiger partial charge on any atom is 0.297 e. The van der Waals surface area contributed by atoms with Crippen LogP contribution in [0.5, 0.6) is 5.75 Å². The number of sulfonamides is 1. The second-order valence-corrected chi connectivity index (χ2v) is 6.12. The number of primary sulfonamides is 1. The Bertz CT molecular complexity index is 644. The van der Waals surface area contributed by atoms with Gasteiger partial charge in [0.1, 0.15) is 6.61 Å². The molecule has 8 nitrogen and oxygen atoms in total. The SMILES string of the molecule is CCC[C@H]1COc2cc(S(N)(=O)=O)cc([N+](=O)[O-])c2N1. The van der Waals surface area contributed by atoms with E-state index in [2.05, 4.69) is 5.32 Å². The molecule has 2 rings (SSSR count). The van der Waals surface area contributed by atoms with Crippen LogP contribution in [0.4, 0.5) is 11.4 Å². The highest BCUT2D eigenvalue weighted by molar-refractivity contribution is 7.89. The molecule has 0 aromatic heterocycles. The zero-order chi connectivity index (χ0) is 14.9. The number of fused-ring (bicyclic) bond motifs is 1. The molecule has 1 aromatic carbocycles. The quantitative estimate of drug-likeness (QED) is 0.636. The second kappa shape index (κ2) is 5.25. The summed E-state index contributed by atoms with van der Waals surface area (Å²) in [5, 5.41) is 19.1. The third kappa shape index (κ3) is 2.83. The molecule has 0 bridgehead atoms. The van der Waals surface area contributed by atoms with E-state index < -0.39 is 14.9 Å². The summed E-state index contributed by atoms with van der Waals surface area (Å²) in [4.78, 5) is 10.1. The molecule has 1 aromatic rings. The van der Waals surface area contributed by atoms with E-state index in [4.69, 9.17) is 9.88 Å². The van der Waals surface area contributed by atoms with Crippen molar-refractivity contribution in [3.8, 4) is 5.75 Å². The van der Waals surface area contributed by atoms with Crippen molar-refractivity contribution in [3.63, 3.8) is 0 Å². The molecule has 1 aliphatic rings. The van der Waals surface area contributed by atoms with Crippen molar-refractivity contribution in [1.82, 2.24) is 0 Å². The summed E-state index contributed by atoms with van der Waals surface area (Å²) in [7, 11) is -4.03. The van der Waals surface area contributed by atoms with Gasteiger partial charge in [-0.25, -0.2) is 13.6 Å². The molecule has 0 fully saturated rings. The van der Waals surface area contributed by atoms with Gasteiger partial charge in [-0.15, -0.1) is 0 Å². The van der Waals surface area contributed by atoms with Crippen LogP contribution in [-0.2, 0) is 10.0 Å². The van der Waals surface area contributed by atoms with Gasteiger partial charge in [0, 0.05) is 12.1 Å². The molecule has 0 saturated carbocycles.